The zero-order valence-electron chi connectivity index (χ0n) is 12.5. The normalized spacial score (nSPS) is 17.4. The van der Waals surface area contributed by atoms with E-state index in [-0.39, 0.29) is 22.4 Å². The smallest absolute Gasteiger partial charge is 0.271 e. The van der Waals surface area contributed by atoms with Crippen molar-refractivity contribution in [2.24, 2.45) is 0 Å². The largest absolute Gasteiger partial charge is 0.495 e. The van der Waals surface area contributed by atoms with E-state index in [0.29, 0.717) is 12.8 Å². The summed E-state index contributed by atoms with van der Waals surface area (Å²) in [7, 11) is -0.565. The summed E-state index contributed by atoms with van der Waals surface area (Å²) >= 11 is 0. The number of piperidine rings is 1. The summed E-state index contributed by atoms with van der Waals surface area (Å²) in [5, 5.41) is 10.8. The Balaban J connectivity index is 2.28. The molecule has 22 heavy (non-hydrogen) atoms. The molecule has 1 aliphatic heterocycles. The minimum absolute atomic E-state index is 0.0889. The van der Waals surface area contributed by atoms with Gasteiger partial charge in [0, 0.05) is 18.2 Å². The fraction of sp³-hybridized carbons (Fsp3) is 0.538. The van der Waals surface area contributed by atoms with Crippen molar-refractivity contribution in [1.29, 1.82) is 0 Å². The Hall–Kier alpha value is -1.71. The van der Waals surface area contributed by atoms with Crippen molar-refractivity contribution < 1.29 is 18.1 Å². The molecule has 8 nitrogen and oxygen atoms in total. The number of hydrogen-bond acceptors (Lipinski definition) is 6. The van der Waals surface area contributed by atoms with Gasteiger partial charge in [-0.05, 0) is 39.0 Å². The monoisotopic (exact) mass is 329 g/mol. The Morgan fingerprint density at radius 2 is 2.00 bits per heavy atom. The molecule has 1 aromatic carbocycles. The van der Waals surface area contributed by atoms with Crippen LogP contribution in [0.2, 0.25) is 0 Å². The van der Waals surface area contributed by atoms with E-state index in [4.69, 9.17) is 4.74 Å². The average Bonchev–Trinajstić information content (AvgIpc) is 2.48. The number of hydrogen-bond donors (Lipinski definition) is 1. The molecule has 1 aliphatic rings. The predicted molar refractivity (Wildman–Crippen MR) is 80.5 cm³/mol. The number of non-ortho nitro benzene ring substituents is 1. The summed E-state index contributed by atoms with van der Waals surface area (Å²) in [5.74, 6) is 0.0889. The Morgan fingerprint density at radius 1 is 1.36 bits per heavy atom. The van der Waals surface area contributed by atoms with Gasteiger partial charge in [0.1, 0.15) is 10.6 Å². The van der Waals surface area contributed by atoms with Crippen molar-refractivity contribution in [3.05, 3.63) is 28.3 Å². The molecule has 0 saturated carbocycles. The Bertz CT molecular complexity index is 654. The third kappa shape index (κ3) is 3.73. The van der Waals surface area contributed by atoms with Gasteiger partial charge in [0.25, 0.3) is 5.69 Å². The number of ether oxygens (including phenoxy) is 1. The summed E-state index contributed by atoms with van der Waals surface area (Å²) in [4.78, 5) is 12.1. The number of sulfonamides is 1. The van der Waals surface area contributed by atoms with Crippen LogP contribution in [0.1, 0.15) is 12.8 Å². The molecule has 0 unspecified atom stereocenters. The molecule has 1 saturated heterocycles. The van der Waals surface area contributed by atoms with Gasteiger partial charge in [0.05, 0.1) is 12.0 Å². The van der Waals surface area contributed by atoms with E-state index in [0.717, 1.165) is 19.2 Å². The van der Waals surface area contributed by atoms with Gasteiger partial charge in [-0.1, -0.05) is 0 Å². The van der Waals surface area contributed by atoms with Gasteiger partial charge in [0.15, 0.2) is 0 Å². The lowest BCUT2D eigenvalue weighted by Crippen LogP contribution is -2.43. The maximum absolute atomic E-state index is 12.5. The van der Waals surface area contributed by atoms with E-state index >= 15 is 0 Å². The second-order valence-corrected chi connectivity index (χ2v) is 6.97. The van der Waals surface area contributed by atoms with Crippen LogP contribution >= 0.6 is 0 Å². The maximum Gasteiger partial charge on any atom is 0.271 e. The van der Waals surface area contributed by atoms with Gasteiger partial charge >= 0.3 is 0 Å². The number of methoxy groups -OCH3 is 1. The molecule has 0 aliphatic carbocycles. The first-order valence-corrected chi connectivity index (χ1v) is 8.35. The maximum atomic E-state index is 12.5. The molecule has 1 fully saturated rings. The molecule has 0 radical (unpaired) electrons. The van der Waals surface area contributed by atoms with Crippen LogP contribution < -0.4 is 9.46 Å². The molecular formula is C13H19N3O5S. The molecule has 1 N–H and O–H groups in total. The molecule has 0 aromatic heterocycles. The molecule has 0 spiro atoms. The quantitative estimate of drug-likeness (QED) is 0.638. The molecule has 2 rings (SSSR count). The van der Waals surface area contributed by atoms with Gasteiger partial charge < -0.3 is 9.64 Å². The summed E-state index contributed by atoms with van der Waals surface area (Å²) < 4.78 is 32.7. The average molecular weight is 329 g/mol. The van der Waals surface area contributed by atoms with Crippen molar-refractivity contribution in [2.45, 2.75) is 23.8 Å². The van der Waals surface area contributed by atoms with Crippen molar-refractivity contribution in [3.8, 4) is 5.75 Å². The molecular weight excluding hydrogens is 310 g/mol. The summed E-state index contributed by atoms with van der Waals surface area (Å²) in [5.41, 5.74) is -0.287. The summed E-state index contributed by atoms with van der Waals surface area (Å²) in [6, 6.07) is 3.36. The Kier molecular flexibility index (Phi) is 4.99. The SMILES string of the molecule is COc1ccc([N+](=O)[O-])cc1S(=O)(=O)NC1CCN(C)CC1. The molecule has 0 amide bonds. The van der Waals surface area contributed by atoms with E-state index in [1.54, 1.807) is 0 Å². The topological polar surface area (TPSA) is 102 Å². The van der Waals surface area contributed by atoms with Gasteiger partial charge in [-0.15, -0.1) is 0 Å². The number of nitrogens with one attached hydrogen (secondary N) is 1. The number of nitro groups is 1. The van der Waals surface area contributed by atoms with Crippen LogP contribution in [-0.4, -0.2) is 51.5 Å². The lowest BCUT2D eigenvalue weighted by atomic mass is 10.1. The highest BCUT2D eigenvalue weighted by Crippen LogP contribution is 2.28. The highest BCUT2D eigenvalue weighted by atomic mass is 32.2. The fourth-order valence-corrected chi connectivity index (χ4v) is 3.89. The zero-order chi connectivity index (χ0) is 16.3. The van der Waals surface area contributed by atoms with Crippen LogP contribution in [0.15, 0.2) is 23.1 Å². The number of rotatable bonds is 5. The van der Waals surface area contributed by atoms with Crippen LogP contribution in [0.25, 0.3) is 0 Å². The van der Waals surface area contributed by atoms with E-state index in [9.17, 15) is 18.5 Å². The van der Waals surface area contributed by atoms with Gasteiger partial charge in [-0.2, -0.15) is 0 Å². The third-order valence-electron chi connectivity index (χ3n) is 3.69. The first-order chi connectivity index (χ1) is 10.3. The predicted octanol–water partition coefficient (Wildman–Crippen LogP) is 0.976. The van der Waals surface area contributed by atoms with Crippen LogP contribution in [0.4, 0.5) is 5.69 Å². The zero-order valence-corrected chi connectivity index (χ0v) is 13.3. The van der Waals surface area contributed by atoms with E-state index in [1.807, 2.05) is 7.05 Å². The van der Waals surface area contributed by atoms with Crippen LogP contribution in [0.3, 0.4) is 0 Å². The third-order valence-corrected chi connectivity index (χ3v) is 5.23. The van der Waals surface area contributed by atoms with Crippen LogP contribution in [0.5, 0.6) is 5.75 Å². The summed E-state index contributed by atoms with van der Waals surface area (Å²) in [6.45, 7) is 1.61. The lowest BCUT2D eigenvalue weighted by molar-refractivity contribution is -0.385. The van der Waals surface area contributed by atoms with E-state index < -0.39 is 14.9 Å². The fourth-order valence-electron chi connectivity index (χ4n) is 2.40. The van der Waals surface area contributed by atoms with Crippen molar-refractivity contribution in [1.82, 2.24) is 9.62 Å². The molecule has 1 heterocycles. The highest BCUT2D eigenvalue weighted by Gasteiger charge is 2.27. The van der Waals surface area contributed by atoms with E-state index in [1.165, 1.54) is 19.2 Å². The first-order valence-electron chi connectivity index (χ1n) is 6.87. The second kappa shape index (κ2) is 6.59. The van der Waals surface area contributed by atoms with Gasteiger partial charge in [-0.25, -0.2) is 13.1 Å². The molecule has 0 bridgehead atoms. The highest BCUT2D eigenvalue weighted by molar-refractivity contribution is 7.89. The lowest BCUT2D eigenvalue weighted by Gasteiger charge is -2.29. The number of benzene rings is 1. The molecule has 122 valence electrons. The Morgan fingerprint density at radius 3 is 2.55 bits per heavy atom. The number of likely N-dealkylation sites (tertiary alicyclic amines) is 1. The number of nitro benzene ring substituents is 1. The first kappa shape index (κ1) is 16.7. The molecule has 1 aromatic rings. The molecule has 9 heteroatoms. The van der Waals surface area contributed by atoms with Crippen LogP contribution in [0, 0.1) is 10.1 Å². The van der Waals surface area contributed by atoms with Crippen molar-refractivity contribution >= 4 is 15.7 Å². The van der Waals surface area contributed by atoms with Gasteiger partial charge in [0.2, 0.25) is 10.0 Å². The van der Waals surface area contributed by atoms with E-state index in [2.05, 4.69) is 9.62 Å². The van der Waals surface area contributed by atoms with Crippen molar-refractivity contribution in [2.75, 3.05) is 27.2 Å². The second-order valence-electron chi connectivity index (χ2n) is 5.29. The van der Waals surface area contributed by atoms with Crippen LogP contribution in [-0.2, 0) is 10.0 Å². The molecule has 0 atom stereocenters. The Labute approximate surface area is 129 Å². The minimum Gasteiger partial charge on any atom is -0.495 e. The minimum atomic E-state index is -3.87. The number of nitrogens with zero attached hydrogens (tertiary/aromatic N) is 2. The summed E-state index contributed by atoms with van der Waals surface area (Å²) in [6.07, 6.45) is 1.40. The standard InChI is InChI=1S/C13H19N3O5S/c1-15-7-5-10(6-8-15)14-22(19,20)13-9-11(16(17)18)3-4-12(13)21-2/h3-4,9-10,14H,5-8H2,1-2H3. The van der Waals surface area contributed by atoms with Gasteiger partial charge in [-0.3, -0.25) is 10.1 Å². The van der Waals surface area contributed by atoms with Crippen molar-refractivity contribution in [3.63, 3.8) is 0 Å².